The molecule has 1 saturated heterocycles. The highest BCUT2D eigenvalue weighted by Gasteiger charge is 2.21. The fourth-order valence-corrected chi connectivity index (χ4v) is 3.77. The lowest BCUT2D eigenvalue weighted by atomic mass is 10.2. The van der Waals surface area contributed by atoms with Crippen molar-refractivity contribution < 1.29 is 0 Å². The Morgan fingerprint density at radius 3 is 3.19 bits per heavy atom. The minimum absolute atomic E-state index is 0.758. The van der Waals surface area contributed by atoms with Gasteiger partial charge < -0.3 is 5.32 Å². The Balaban J connectivity index is 1.71. The second-order valence-corrected chi connectivity index (χ2v) is 6.20. The van der Waals surface area contributed by atoms with E-state index in [4.69, 9.17) is 0 Å². The lowest BCUT2D eigenvalue weighted by Gasteiger charge is -2.22. The average molecular weight is 303 g/mol. The van der Waals surface area contributed by atoms with Crippen LogP contribution >= 0.6 is 27.3 Å². The first-order chi connectivity index (χ1) is 7.79. The number of hydrogen-bond acceptors (Lipinski definition) is 3. The van der Waals surface area contributed by atoms with Crippen molar-refractivity contribution in [3.63, 3.8) is 0 Å². The summed E-state index contributed by atoms with van der Waals surface area (Å²) in [5.74, 6) is 0. The first kappa shape index (κ1) is 12.6. The van der Waals surface area contributed by atoms with Crippen molar-refractivity contribution in [2.24, 2.45) is 0 Å². The summed E-state index contributed by atoms with van der Waals surface area (Å²) in [6.07, 6.45) is 2.72. The Morgan fingerprint density at radius 2 is 2.50 bits per heavy atom. The number of likely N-dealkylation sites (N-methyl/N-ethyl adjacent to an activating group) is 1. The number of halogens is 1. The Bertz CT molecular complexity index is 327. The van der Waals surface area contributed by atoms with Crippen LogP contribution in [0.4, 0.5) is 0 Å². The lowest BCUT2D eigenvalue weighted by molar-refractivity contribution is 0.260. The molecule has 0 bridgehead atoms. The maximum atomic E-state index is 3.57. The number of nitrogens with zero attached hydrogens (tertiary/aromatic N) is 1. The average Bonchev–Trinajstić information content (AvgIpc) is 2.87. The summed E-state index contributed by atoms with van der Waals surface area (Å²) in [7, 11) is 0. The van der Waals surface area contributed by atoms with Gasteiger partial charge in [0.25, 0.3) is 0 Å². The van der Waals surface area contributed by atoms with Crippen molar-refractivity contribution in [2.75, 3.05) is 19.6 Å². The molecule has 16 heavy (non-hydrogen) atoms. The van der Waals surface area contributed by atoms with Crippen molar-refractivity contribution in [3.05, 3.63) is 20.8 Å². The molecule has 0 amide bonds. The molecule has 1 aliphatic rings. The summed E-state index contributed by atoms with van der Waals surface area (Å²) in [6, 6.07) is 2.96. The maximum absolute atomic E-state index is 3.57. The van der Waals surface area contributed by atoms with E-state index in [0.717, 1.165) is 19.1 Å². The zero-order chi connectivity index (χ0) is 11.4. The second-order valence-electron chi connectivity index (χ2n) is 4.29. The van der Waals surface area contributed by atoms with Crippen molar-refractivity contribution >= 4 is 27.3 Å². The number of thiophene rings is 1. The number of likely N-dealkylation sites (tertiary alicyclic amines) is 1. The van der Waals surface area contributed by atoms with Crippen molar-refractivity contribution in [3.8, 4) is 0 Å². The Morgan fingerprint density at radius 1 is 1.62 bits per heavy atom. The molecule has 4 heteroatoms. The van der Waals surface area contributed by atoms with Crippen LogP contribution in [0.25, 0.3) is 0 Å². The zero-order valence-electron chi connectivity index (χ0n) is 9.71. The number of hydrogen-bond donors (Lipinski definition) is 1. The Labute approximate surface area is 110 Å². The van der Waals surface area contributed by atoms with Gasteiger partial charge in [-0.05, 0) is 47.9 Å². The van der Waals surface area contributed by atoms with Crippen LogP contribution < -0.4 is 5.32 Å². The van der Waals surface area contributed by atoms with Gasteiger partial charge in [-0.2, -0.15) is 0 Å². The molecule has 0 aromatic carbocycles. The summed E-state index contributed by atoms with van der Waals surface area (Å²) >= 11 is 5.30. The van der Waals surface area contributed by atoms with Gasteiger partial charge in [-0.15, -0.1) is 11.3 Å². The zero-order valence-corrected chi connectivity index (χ0v) is 12.1. The third kappa shape index (κ3) is 3.29. The van der Waals surface area contributed by atoms with Gasteiger partial charge in [0.05, 0.1) is 0 Å². The molecule has 1 aromatic rings. The molecule has 1 aromatic heterocycles. The van der Waals surface area contributed by atoms with Crippen LogP contribution in [0.1, 0.15) is 24.6 Å². The minimum Gasteiger partial charge on any atom is -0.310 e. The maximum Gasteiger partial charge on any atom is 0.0300 e. The topological polar surface area (TPSA) is 15.3 Å². The van der Waals surface area contributed by atoms with E-state index in [9.17, 15) is 0 Å². The molecule has 2 nitrogen and oxygen atoms in total. The molecule has 1 aliphatic heterocycles. The van der Waals surface area contributed by atoms with Crippen LogP contribution in [0.15, 0.2) is 15.9 Å². The van der Waals surface area contributed by atoms with E-state index < -0.39 is 0 Å². The molecule has 1 N–H and O–H groups in total. The van der Waals surface area contributed by atoms with Gasteiger partial charge >= 0.3 is 0 Å². The molecule has 2 rings (SSSR count). The van der Waals surface area contributed by atoms with Gasteiger partial charge in [-0.3, -0.25) is 4.90 Å². The van der Waals surface area contributed by atoms with Crippen molar-refractivity contribution in [1.29, 1.82) is 0 Å². The van der Waals surface area contributed by atoms with Crippen LogP contribution in [-0.2, 0) is 6.54 Å². The third-order valence-corrected chi connectivity index (χ3v) is 4.90. The van der Waals surface area contributed by atoms with Gasteiger partial charge in [-0.1, -0.05) is 6.92 Å². The quantitative estimate of drug-likeness (QED) is 0.899. The van der Waals surface area contributed by atoms with Gasteiger partial charge in [0.2, 0.25) is 0 Å². The first-order valence-corrected chi connectivity index (χ1v) is 7.64. The SMILES string of the molecule is CCN1CCC[C@H]1CNCc1cc(Br)cs1. The van der Waals surface area contributed by atoms with Gasteiger partial charge in [-0.25, -0.2) is 0 Å². The number of nitrogens with one attached hydrogen (secondary N) is 1. The van der Waals surface area contributed by atoms with Crippen LogP contribution in [0.5, 0.6) is 0 Å². The Hall–Kier alpha value is 0.1000. The summed E-state index contributed by atoms with van der Waals surface area (Å²) in [5.41, 5.74) is 0. The Kier molecular flexibility index (Phi) is 4.82. The lowest BCUT2D eigenvalue weighted by Crippen LogP contribution is -2.37. The van der Waals surface area contributed by atoms with Crippen LogP contribution in [0, 0.1) is 0 Å². The largest absolute Gasteiger partial charge is 0.310 e. The van der Waals surface area contributed by atoms with Crippen LogP contribution in [0.3, 0.4) is 0 Å². The summed E-state index contributed by atoms with van der Waals surface area (Å²) in [5, 5.41) is 5.71. The molecule has 0 radical (unpaired) electrons. The standard InChI is InChI=1S/C12H19BrN2S/c1-2-15-5-3-4-11(15)7-14-8-12-6-10(13)9-16-12/h6,9,11,14H,2-5,7-8H2,1H3/t11-/m0/s1. The number of rotatable bonds is 5. The highest BCUT2D eigenvalue weighted by atomic mass is 79.9. The molecule has 1 fully saturated rings. The van der Waals surface area contributed by atoms with Crippen LogP contribution in [0.2, 0.25) is 0 Å². The summed E-state index contributed by atoms with van der Waals surface area (Å²) < 4.78 is 1.20. The van der Waals surface area contributed by atoms with E-state index in [1.165, 1.54) is 35.3 Å². The fourth-order valence-electron chi connectivity index (χ4n) is 2.35. The molecule has 0 spiro atoms. The molecular weight excluding hydrogens is 284 g/mol. The summed E-state index contributed by atoms with van der Waals surface area (Å²) in [6.45, 7) is 6.87. The predicted molar refractivity (Wildman–Crippen MR) is 74.0 cm³/mol. The molecule has 0 aliphatic carbocycles. The molecule has 0 unspecified atom stereocenters. The van der Waals surface area contributed by atoms with Crippen molar-refractivity contribution in [1.82, 2.24) is 10.2 Å². The van der Waals surface area contributed by atoms with Gasteiger partial charge in [0, 0.05) is 33.9 Å². The minimum atomic E-state index is 0.758. The monoisotopic (exact) mass is 302 g/mol. The highest BCUT2D eigenvalue weighted by Crippen LogP contribution is 2.20. The molecule has 1 atom stereocenters. The second kappa shape index (κ2) is 6.15. The van der Waals surface area contributed by atoms with Gasteiger partial charge in [0.15, 0.2) is 0 Å². The first-order valence-electron chi connectivity index (χ1n) is 5.97. The van der Waals surface area contributed by atoms with Crippen LogP contribution in [-0.4, -0.2) is 30.6 Å². The van der Waals surface area contributed by atoms with E-state index in [-0.39, 0.29) is 0 Å². The highest BCUT2D eigenvalue weighted by molar-refractivity contribution is 9.10. The predicted octanol–water partition coefficient (Wildman–Crippen LogP) is 3.08. The van der Waals surface area contributed by atoms with E-state index >= 15 is 0 Å². The molecule has 2 heterocycles. The third-order valence-electron chi connectivity index (χ3n) is 3.21. The van der Waals surface area contributed by atoms with Crippen molar-refractivity contribution in [2.45, 2.75) is 32.4 Å². The van der Waals surface area contributed by atoms with E-state index in [1.807, 2.05) is 11.3 Å². The smallest absolute Gasteiger partial charge is 0.0300 e. The normalized spacial score (nSPS) is 21.8. The summed E-state index contributed by atoms with van der Waals surface area (Å²) in [4.78, 5) is 3.99. The van der Waals surface area contributed by atoms with Gasteiger partial charge in [0.1, 0.15) is 0 Å². The molecule has 90 valence electrons. The molecule has 0 saturated carbocycles. The van der Waals surface area contributed by atoms with E-state index in [1.54, 1.807) is 0 Å². The van der Waals surface area contributed by atoms with E-state index in [0.29, 0.717) is 0 Å². The van der Waals surface area contributed by atoms with E-state index in [2.05, 4.69) is 44.5 Å². The fraction of sp³-hybridized carbons (Fsp3) is 0.667. The molecular formula is C12H19BrN2S.